The molecule has 1 aliphatic carbocycles. The van der Waals surface area contributed by atoms with E-state index in [2.05, 4.69) is 16.8 Å². The van der Waals surface area contributed by atoms with Crippen LogP contribution in [0.3, 0.4) is 0 Å². The third kappa shape index (κ3) is 4.80. The fourth-order valence-electron chi connectivity index (χ4n) is 2.99. The van der Waals surface area contributed by atoms with Crippen LogP contribution in [0.1, 0.15) is 37.1 Å². The average Bonchev–Trinajstić information content (AvgIpc) is 3.56. The average molecular weight is 380 g/mol. The van der Waals surface area contributed by atoms with Crippen molar-refractivity contribution in [3.05, 3.63) is 58.3 Å². The number of rotatable bonds is 5. The Kier molecular flexibility index (Phi) is 5.75. The summed E-state index contributed by atoms with van der Waals surface area (Å²) in [5.74, 6) is 7.48. The molecule has 6 heteroatoms. The van der Waals surface area contributed by atoms with Crippen LogP contribution in [-0.2, 0) is 9.47 Å². The quantitative estimate of drug-likeness (QED) is 0.746. The van der Waals surface area contributed by atoms with Crippen molar-refractivity contribution < 1.29 is 14.2 Å². The van der Waals surface area contributed by atoms with Crippen LogP contribution in [0.15, 0.2) is 41.5 Å². The molecule has 1 aliphatic heterocycles. The van der Waals surface area contributed by atoms with E-state index in [1.165, 1.54) is 18.9 Å². The van der Waals surface area contributed by atoms with Gasteiger partial charge in [-0.1, -0.05) is 11.8 Å². The molecule has 2 atom stereocenters. The van der Waals surface area contributed by atoms with Gasteiger partial charge in [-0.15, -0.1) is 0 Å². The first-order valence-electron chi connectivity index (χ1n) is 9.71. The third-order valence-electron chi connectivity index (χ3n) is 4.87. The Morgan fingerprint density at radius 3 is 2.89 bits per heavy atom. The molecule has 0 spiro atoms. The van der Waals surface area contributed by atoms with E-state index in [1.54, 1.807) is 23.0 Å². The molecule has 146 valence electrons. The van der Waals surface area contributed by atoms with Crippen molar-refractivity contribution in [2.75, 3.05) is 26.4 Å². The van der Waals surface area contributed by atoms with Crippen LogP contribution in [-0.4, -0.2) is 42.1 Å². The molecular formula is C22H24N2O4. The Morgan fingerprint density at radius 1 is 1.32 bits per heavy atom. The summed E-state index contributed by atoms with van der Waals surface area (Å²) in [6.45, 7) is 4.02. The predicted molar refractivity (Wildman–Crippen MR) is 104 cm³/mol. The molecule has 1 saturated carbocycles. The fourth-order valence-corrected chi connectivity index (χ4v) is 2.99. The van der Waals surface area contributed by atoms with Crippen LogP contribution in [0.4, 0.5) is 0 Å². The smallest absolute Gasteiger partial charge is 0.254 e. The minimum absolute atomic E-state index is 0.0965. The van der Waals surface area contributed by atoms with Gasteiger partial charge in [0.2, 0.25) is 0 Å². The Balaban J connectivity index is 1.40. The molecule has 0 radical (unpaired) electrons. The van der Waals surface area contributed by atoms with Crippen molar-refractivity contribution in [2.24, 2.45) is 5.92 Å². The minimum Gasteiger partial charge on any atom is -0.491 e. The van der Waals surface area contributed by atoms with E-state index in [0.29, 0.717) is 38.1 Å². The van der Waals surface area contributed by atoms with Gasteiger partial charge in [0, 0.05) is 29.9 Å². The highest BCUT2D eigenvalue weighted by atomic mass is 16.6. The first kappa shape index (κ1) is 18.7. The van der Waals surface area contributed by atoms with Gasteiger partial charge in [-0.25, -0.2) is 0 Å². The second-order valence-corrected chi connectivity index (χ2v) is 7.18. The third-order valence-corrected chi connectivity index (χ3v) is 4.87. The van der Waals surface area contributed by atoms with E-state index in [1.807, 2.05) is 19.1 Å². The maximum absolute atomic E-state index is 12.5. The summed E-state index contributed by atoms with van der Waals surface area (Å²) in [4.78, 5) is 17.0. The second-order valence-electron chi connectivity index (χ2n) is 7.18. The summed E-state index contributed by atoms with van der Waals surface area (Å²) in [7, 11) is 0. The highest BCUT2D eigenvalue weighted by Crippen LogP contribution is 2.27. The van der Waals surface area contributed by atoms with Crippen LogP contribution in [0.25, 0.3) is 0 Å². The van der Waals surface area contributed by atoms with E-state index in [9.17, 15) is 4.79 Å². The molecular weight excluding hydrogens is 356 g/mol. The van der Waals surface area contributed by atoms with Crippen molar-refractivity contribution in [3.63, 3.8) is 0 Å². The minimum atomic E-state index is -0.179. The Hall–Kier alpha value is -2.62. The van der Waals surface area contributed by atoms with Crippen LogP contribution < -0.4 is 10.3 Å². The van der Waals surface area contributed by atoms with Gasteiger partial charge >= 0.3 is 0 Å². The lowest BCUT2D eigenvalue weighted by molar-refractivity contribution is -0.101. The Bertz CT molecular complexity index is 916. The first-order valence-corrected chi connectivity index (χ1v) is 9.71. The number of nitrogens with zero attached hydrogens (tertiary/aromatic N) is 2. The maximum atomic E-state index is 12.5. The van der Waals surface area contributed by atoms with Gasteiger partial charge < -0.3 is 18.8 Å². The SMILES string of the molecule is CC(c1ccc(C#CC2CC2)cn1)n1ccc(OC[C@@H]2COCCO2)cc1=O. The topological polar surface area (TPSA) is 62.6 Å². The Morgan fingerprint density at radius 2 is 2.21 bits per heavy atom. The number of aromatic nitrogens is 2. The second kappa shape index (κ2) is 8.59. The number of hydrogen-bond donors (Lipinski definition) is 0. The van der Waals surface area contributed by atoms with Crippen LogP contribution in [0.2, 0.25) is 0 Å². The van der Waals surface area contributed by atoms with E-state index in [0.717, 1.165) is 11.3 Å². The van der Waals surface area contributed by atoms with Crippen molar-refractivity contribution in [1.29, 1.82) is 0 Å². The highest BCUT2D eigenvalue weighted by Gasteiger charge is 2.18. The summed E-state index contributed by atoms with van der Waals surface area (Å²) in [6, 6.07) is 7.00. The van der Waals surface area contributed by atoms with E-state index >= 15 is 0 Å². The van der Waals surface area contributed by atoms with Crippen molar-refractivity contribution in [1.82, 2.24) is 9.55 Å². The zero-order valence-electron chi connectivity index (χ0n) is 16.0. The monoisotopic (exact) mass is 380 g/mol. The van der Waals surface area contributed by atoms with Crippen LogP contribution >= 0.6 is 0 Å². The first-order chi connectivity index (χ1) is 13.7. The van der Waals surface area contributed by atoms with Gasteiger partial charge in [0.25, 0.3) is 5.56 Å². The van der Waals surface area contributed by atoms with Gasteiger partial charge in [-0.05, 0) is 38.0 Å². The summed E-state index contributed by atoms with van der Waals surface area (Å²) < 4.78 is 18.2. The van der Waals surface area contributed by atoms with Crippen LogP contribution in [0.5, 0.6) is 5.75 Å². The lowest BCUT2D eigenvalue weighted by atomic mass is 10.1. The van der Waals surface area contributed by atoms with Crippen molar-refractivity contribution >= 4 is 0 Å². The van der Waals surface area contributed by atoms with E-state index in [4.69, 9.17) is 14.2 Å². The molecule has 28 heavy (non-hydrogen) atoms. The van der Waals surface area contributed by atoms with E-state index in [-0.39, 0.29) is 17.7 Å². The molecule has 1 saturated heterocycles. The van der Waals surface area contributed by atoms with Gasteiger partial charge in [0.1, 0.15) is 18.5 Å². The molecule has 2 aromatic heterocycles. The number of hydrogen-bond acceptors (Lipinski definition) is 5. The fraction of sp³-hybridized carbons (Fsp3) is 0.455. The zero-order valence-corrected chi connectivity index (χ0v) is 16.0. The van der Waals surface area contributed by atoms with E-state index < -0.39 is 0 Å². The molecule has 0 amide bonds. The summed E-state index contributed by atoms with van der Waals surface area (Å²) in [6.07, 6.45) is 5.83. The Labute approximate surface area is 164 Å². The van der Waals surface area contributed by atoms with Crippen molar-refractivity contribution in [3.8, 4) is 17.6 Å². The highest BCUT2D eigenvalue weighted by molar-refractivity contribution is 5.34. The largest absolute Gasteiger partial charge is 0.491 e. The van der Waals surface area contributed by atoms with Crippen molar-refractivity contribution in [2.45, 2.75) is 31.9 Å². The van der Waals surface area contributed by atoms with Gasteiger partial charge in [0.05, 0.1) is 31.6 Å². The summed E-state index contributed by atoms with van der Waals surface area (Å²) in [5.41, 5.74) is 1.60. The lowest BCUT2D eigenvalue weighted by Gasteiger charge is -2.23. The number of ether oxygens (including phenoxy) is 3. The number of pyridine rings is 2. The van der Waals surface area contributed by atoms with Gasteiger partial charge in [-0.3, -0.25) is 9.78 Å². The molecule has 0 bridgehead atoms. The lowest BCUT2D eigenvalue weighted by Crippen LogP contribution is -2.33. The normalized spacial score (nSPS) is 20.1. The standard InChI is InChI=1S/C22H24N2O4/c1-16(21-7-6-18(13-23-21)5-4-17-2-3-17)24-9-8-19(12-22(24)25)28-15-20-14-26-10-11-27-20/h6-9,12-13,16-17,20H,2-3,10-11,14-15H2,1H3/t16?,20-/m0/s1. The molecule has 2 aromatic rings. The van der Waals surface area contributed by atoms with Gasteiger partial charge in [-0.2, -0.15) is 0 Å². The maximum Gasteiger partial charge on any atom is 0.254 e. The molecule has 6 nitrogen and oxygen atoms in total. The molecule has 2 aliphatic rings. The van der Waals surface area contributed by atoms with Gasteiger partial charge in [0.15, 0.2) is 0 Å². The zero-order chi connectivity index (χ0) is 19.3. The molecule has 0 N–H and O–H groups in total. The molecule has 4 rings (SSSR count). The molecule has 1 unspecified atom stereocenters. The summed E-state index contributed by atoms with van der Waals surface area (Å²) in [5, 5.41) is 0. The van der Waals surface area contributed by atoms with Crippen LogP contribution in [0, 0.1) is 17.8 Å². The molecule has 2 fully saturated rings. The molecule has 3 heterocycles. The summed E-state index contributed by atoms with van der Waals surface area (Å²) >= 11 is 0. The predicted octanol–water partition coefficient (Wildman–Crippen LogP) is 2.41. The molecule has 0 aromatic carbocycles.